The molecule has 0 aromatic rings. The molecule has 3 N–H and O–H groups in total. The maximum absolute atomic E-state index is 12.5. The van der Waals surface area contributed by atoms with Crippen molar-refractivity contribution in [3.8, 4) is 0 Å². The fourth-order valence-electron chi connectivity index (χ4n) is 5.27. The van der Waals surface area contributed by atoms with E-state index < -0.39 is 32.5 Å². The summed E-state index contributed by atoms with van der Waals surface area (Å²) in [4.78, 5) is 34.8. The van der Waals surface area contributed by atoms with Gasteiger partial charge in [-0.25, -0.2) is 4.57 Å². The molecule has 0 rings (SSSR count). The molecule has 0 fully saturated rings. The average Bonchev–Trinajstić information content (AvgIpc) is 3.14. The van der Waals surface area contributed by atoms with Crippen LogP contribution < -0.4 is 5.73 Å². The van der Waals surface area contributed by atoms with Gasteiger partial charge < -0.3 is 20.1 Å². The summed E-state index contributed by atoms with van der Waals surface area (Å²) in [6.07, 6.45) is 45.5. The highest BCUT2D eigenvalue weighted by atomic mass is 31.2. The lowest BCUT2D eigenvalue weighted by atomic mass is 10.1. The van der Waals surface area contributed by atoms with E-state index in [4.69, 9.17) is 24.3 Å². The largest absolute Gasteiger partial charge is 0.472 e. The second-order valence-corrected chi connectivity index (χ2v) is 14.9. The second kappa shape index (κ2) is 39.4. The smallest absolute Gasteiger partial charge is 0.462 e. The van der Waals surface area contributed by atoms with Crippen molar-refractivity contribution in [2.45, 2.75) is 174 Å². The van der Waals surface area contributed by atoms with Crippen LogP contribution >= 0.6 is 7.82 Å². The molecule has 10 heteroatoms. The third-order valence-corrected chi connectivity index (χ3v) is 9.36. The van der Waals surface area contributed by atoms with Crippen LogP contribution in [0.25, 0.3) is 0 Å². The van der Waals surface area contributed by atoms with E-state index >= 15 is 0 Å². The number of esters is 2. The van der Waals surface area contributed by atoms with Gasteiger partial charge in [-0.3, -0.25) is 18.6 Å². The second-order valence-electron chi connectivity index (χ2n) is 13.5. The van der Waals surface area contributed by atoms with Gasteiger partial charge in [-0.15, -0.1) is 0 Å². The van der Waals surface area contributed by atoms with Gasteiger partial charge >= 0.3 is 19.8 Å². The summed E-state index contributed by atoms with van der Waals surface area (Å²) in [5.41, 5.74) is 5.33. The third-order valence-electron chi connectivity index (χ3n) is 8.38. The standard InChI is InChI=1S/C43H76NO8P/c1-3-5-7-9-11-13-15-17-19-20-22-23-25-27-29-31-33-35-42(45)49-39-41(40-51-53(47,48)50-38-37-44)52-43(46)36-34-32-30-28-26-24-21-18-16-14-12-10-8-6-4-2/h11,13,17,19,22-23,26-29,41H,3-10,12,14-16,18,20-21,24-25,30-40,44H2,1-2H3,(H,47,48)/b13-11+,19-17+,23-22+,28-26+,29-27+/t41-/m1/s1. The minimum Gasteiger partial charge on any atom is -0.462 e. The number of rotatable bonds is 38. The molecule has 0 amide bonds. The quantitative estimate of drug-likeness (QED) is 0.0272. The van der Waals surface area contributed by atoms with Gasteiger partial charge in [0.2, 0.25) is 0 Å². The summed E-state index contributed by atoms with van der Waals surface area (Å²) in [7, 11) is -4.39. The number of hydrogen-bond donors (Lipinski definition) is 2. The van der Waals surface area contributed by atoms with Crippen molar-refractivity contribution in [2.75, 3.05) is 26.4 Å². The number of phosphoric ester groups is 1. The number of hydrogen-bond acceptors (Lipinski definition) is 8. The van der Waals surface area contributed by atoms with E-state index in [0.29, 0.717) is 12.8 Å². The van der Waals surface area contributed by atoms with Crippen LogP contribution in [0.4, 0.5) is 0 Å². The van der Waals surface area contributed by atoms with Crippen LogP contribution in [-0.4, -0.2) is 49.3 Å². The molecule has 1 unspecified atom stereocenters. The van der Waals surface area contributed by atoms with E-state index in [9.17, 15) is 19.0 Å². The monoisotopic (exact) mass is 766 g/mol. The molecule has 0 bridgehead atoms. The first-order chi connectivity index (χ1) is 25.8. The van der Waals surface area contributed by atoms with Crippen molar-refractivity contribution in [3.05, 3.63) is 60.8 Å². The molecule has 0 spiro atoms. The van der Waals surface area contributed by atoms with Gasteiger partial charge in [-0.1, -0.05) is 139 Å². The Balaban J connectivity index is 4.31. The zero-order valence-electron chi connectivity index (χ0n) is 33.5. The van der Waals surface area contributed by atoms with Crippen molar-refractivity contribution in [1.29, 1.82) is 0 Å². The minimum absolute atomic E-state index is 0.0411. The van der Waals surface area contributed by atoms with E-state index in [1.807, 2.05) is 6.08 Å². The molecule has 0 aromatic carbocycles. The molecule has 0 aliphatic rings. The van der Waals surface area contributed by atoms with Crippen LogP contribution in [0, 0.1) is 0 Å². The van der Waals surface area contributed by atoms with E-state index in [1.165, 1.54) is 83.5 Å². The molecule has 0 aromatic heterocycles. The summed E-state index contributed by atoms with van der Waals surface area (Å²) in [6.45, 7) is 3.60. The van der Waals surface area contributed by atoms with Crippen LogP contribution in [-0.2, 0) is 32.7 Å². The Morgan fingerprint density at radius 2 is 1.00 bits per heavy atom. The number of unbranched alkanes of at least 4 members (excludes halogenated alkanes) is 15. The summed E-state index contributed by atoms with van der Waals surface area (Å²) in [6, 6.07) is 0. The Hall–Kier alpha value is -2.29. The van der Waals surface area contributed by atoms with E-state index in [1.54, 1.807) is 0 Å². The van der Waals surface area contributed by atoms with Crippen LogP contribution in [0.15, 0.2) is 60.8 Å². The number of carbonyl (C=O) groups is 2. The number of ether oxygens (including phenoxy) is 2. The zero-order chi connectivity index (χ0) is 38.9. The van der Waals surface area contributed by atoms with E-state index in [2.05, 4.69) is 68.5 Å². The number of nitrogens with two attached hydrogens (primary N) is 1. The summed E-state index contributed by atoms with van der Waals surface area (Å²) in [5.74, 6) is -0.924. The Morgan fingerprint density at radius 3 is 1.57 bits per heavy atom. The van der Waals surface area contributed by atoms with Gasteiger partial charge in [0.25, 0.3) is 0 Å². The first-order valence-corrected chi connectivity index (χ1v) is 22.3. The van der Waals surface area contributed by atoms with Gasteiger partial charge in [0.1, 0.15) is 6.61 Å². The number of phosphoric acid groups is 1. The van der Waals surface area contributed by atoms with Gasteiger partial charge in [-0.05, 0) is 77.0 Å². The Kier molecular flexibility index (Phi) is 37.7. The lowest BCUT2D eigenvalue weighted by Gasteiger charge is -2.19. The summed E-state index contributed by atoms with van der Waals surface area (Å²) < 4.78 is 32.6. The molecule has 0 saturated heterocycles. The molecule has 306 valence electrons. The molecule has 2 atom stereocenters. The molecule has 0 aliphatic heterocycles. The average molecular weight is 766 g/mol. The predicted octanol–water partition coefficient (Wildman–Crippen LogP) is 11.7. The molecule has 9 nitrogen and oxygen atoms in total. The Labute approximate surface area is 323 Å². The zero-order valence-corrected chi connectivity index (χ0v) is 34.4. The highest BCUT2D eigenvalue weighted by Crippen LogP contribution is 2.43. The third kappa shape index (κ3) is 39.2. The van der Waals surface area contributed by atoms with Gasteiger partial charge in [-0.2, -0.15) is 0 Å². The van der Waals surface area contributed by atoms with E-state index in [0.717, 1.165) is 44.9 Å². The molecule has 53 heavy (non-hydrogen) atoms. The summed E-state index contributed by atoms with van der Waals surface area (Å²) >= 11 is 0. The normalized spacial score (nSPS) is 14.0. The molecular weight excluding hydrogens is 689 g/mol. The highest BCUT2D eigenvalue weighted by Gasteiger charge is 2.25. The van der Waals surface area contributed by atoms with Crippen LogP contribution in [0.1, 0.15) is 168 Å². The molecule has 0 saturated carbocycles. The SMILES string of the molecule is CCCCC/C=C/C/C=C/C/C=C/C/C=C/CCCC(=O)OC[C@H](COP(=O)(O)OCCN)OC(=O)CCCC/C=C/CCCCCCCCCCC. The van der Waals surface area contributed by atoms with Crippen LogP contribution in [0.5, 0.6) is 0 Å². The maximum atomic E-state index is 12.5. The van der Waals surface area contributed by atoms with Gasteiger partial charge in [0.05, 0.1) is 13.2 Å². The Bertz CT molecular complexity index is 1050. The first kappa shape index (κ1) is 50.7. The van der Waals surface area contributed by atoms with Crippen molar-refractivity contribution in [2.24, 2.45) is 5.73 Å². The van der Waals surface area contributed by atoms with Crippen LogP contribution in [0.3, 0.4) is 0 Å². The Morgan fingerprint density at radius 1 is 0.566 bits per heavy atom. The molecule has 0 heterocycles. The highest BCUT2D eigenvalue weighted by molar-refractivity contribution is 7.47. The maximum Gasteiger partial charge on any atom is 0.472 e. The predicted molar refractivity (Wildman–Crippen MR) is 219 cm³/mol. The fourth-order valence-corrected chi connectivity index (χ4v) is 6.03. The minimum atomic E-state index is -4.39. The van der Waals surface area contributed by atoms with Crippen molar-refractivity contribution < 1.29 is 37.6 Å². The molecule has 0 radical (unpaired) electrons. The fraction of sp³-hybridized carbons (Fsp3) is 0.721. The molecular formula is C43H76NO8P. The topological polar surface area (TPSA) is 134 Å². The van der Waals surface area contributed by atoms with Gasteiger partial charge in [0.15, 0.2) is 6.10 Å². The van der Waals surface area contributed by atoms with Crippen LogP contribution in [0.2, 0.25) is 0 Å². The first-order valence-electron chi connectivity index (χ1n) is 20.8. The van der Waals surface area contributed by atoms with Gasteiger partial charge in [0, 0.05) is 19.4 Å². The van der Waals surface area contributed by atoms with Crippen molar-refractivity contribution in [1.82, 2.24) is 0 Å². The van der Waals surface area contributed by atoms with Crippen molar-refractivity contribution >= 4 is 19.8 Å². The number of carbonyl (C=O) groups excluding carboxylic acids is 2. The lowest BCUT2D eigenvalue weighted by Crippen LogP contribution is -2.29. The lowest BCUT2D eigenvalue weighted by molar-refractivity contribution is -0.161. The van der Waals surface area contributed by atoms with E-state index in [-0.39, 0.29) is 32.6 Å². The summed E-state index contributed by atoms with van der Waals surface area (Å²) in [5, 5.41) is 0. The van der Waals surface area contributed by atoms with Crippen molar-refractivity contribution in [3.63, 3.8) is 0 Å². The molecule has 0 aliphatic carbocycles. The number of allylic oxidation sites excluding steroid dienone is 10.